The SMILES string of the molecule is N#CCc1ccc(F)c(C(=O)C2CC3CCC(C2)N3)c1. The Balaban J connectivity index is 1.83. The van der Waals surface area contributed by atoms with Crippen LogP contribution < -0.4 is 5.32 Å². The fourth-order valence-corrected chi connectivity index (χ4v) is 3.45. The van der Waals surface area contributed by atoms with Crippen LogP contribution >= 0.6 is 0 Å². The molecule has 2 saturated heterocycles. The standard InChI is InChI=1S/C16H17FN2O/c17-15-4-1-10(5-6-18)7-14(15)16(20)11-8-12-2-3-13(9-11)19-12/h1,4,7,11-13,19H,2-3,5,8-9H2. The molecule has 1 N–H and O–H groups in total. The van der Waals surface area contributed by atoms with Crippen molar-refractivity contribution in [2.24, 2.45) is 5.92 Å². The van der Waals surface area contributed by atoms with Gasteiger partial charge >= 0.3 is 0 Å². The van der Waals surface area contributed by atoms with Crippen LogP contribution in [0.5, 0.6) is 0 Å². The molecular formula is C16H17FN2O. The lowest BCUT2D eigenvalue weighted by Crippen LogP contribution is -2.40. The molecule has 2 heterocycles. The van der Waals surface area contributed by atoms with Crippen LogP contribution in [0.25, 0.3) is 0 Å². The Morgan fingerprint density at radius 1 is 1.35 bits per heavy atom. The molecule has 2 atom stereocenters. The van der Waals surface area contributed by atoms with Crippen molar-refractivity contribution in [2.45, 2.75) is 44.2 Å². The Morgan fingerprint density at radius 2 is 2.05 bits per heavy atom. The normalized spacial score (nSPS) is 28.1. The van der Waals surface area contributed by atoms with E-state index < -0.39 is 5.82 Å². The van der Waals surface area contributed by atoms with Crippen LogP contribution in [0.3, 0.4) is 0 Å². The summed E-state index contributed by atoms with van der Waals surface area (Å²) in [6.45, 7) is 0. The summed E-state index contributed by atoms with van der Waals surface area (Å²) < 4.78 is 13.9. The van der Waals surface area contributed by atoms with Gasteiger partial charge in [-0.2, -0.15) is 5.26 Å². The molecule has 0 radical (unpaired) electrons. The van der Waals surface area contributed by atoms with Crippen LogP contribution in [0.15, 0.2) is 18.2 Å². The molecule has 0 aromatic heterocycles. The van der Waals surface area contributed by atoms with E-state index in [2.05, 4.69) is 5.32 Å². The van der Waals surface area contributed by atoms with Crippen molar-refractivity contribution in [1.29, 1.82) is 5.26 Å². The number of nitrogens with zero attached hydrogens (tertiary/aromatic N) is 1. The first-order valence-electron chi connectivity index (χ1n) is 7.13. The summed E-state index contributed by atoms with van der Waals surface area (Å²) in [5, 5.41) is 12.2. The first-order chi connectivity index (χ1) is 9.67. The predicted octanol–water partition coefficient (Wildman–Crippen LogP) is 2.61. The fourth-order valence-electron chi connectivity index (χ4n) is 3.45. The lowest BCUT2D eigenvalue weighted by atomic mass is 9.85. The number of hydrogen-bond donors (Lipinski definition) is 1. The minimum Gasteiger partial charge on any atom is -0.311 e. The highest BCUT2D eigenvalue weighted by molar-refractivity contribution is 5.98. The van der Waals surface area contributed by atoms with Crippen LogP contribution in [0, 0.1) is 23.1 Å². The van der Waals surface area contributed by atoms with E-state index in [4.69, 9.17) is 5.26 Å². The molecule has 0 amide bonds. The average Bonchev–Trinajstić information content (AvgIpc) is 2.79. The summed E-state index contributed by atoms with van der Waals surface area (Å²) in [6.07, 6.45) is 4.04. The highest BCUT2D eigenvalue weighted by Crippen LogP contribution is 2.33. The maximum atomic E-state index is 13.9. The summed E-state index contributed by atoms with van der Waals surface area (Å²) in [7, 11) is 0. The van der Waals surface area contributed by atoms with Gasteiger partial charge in [0.05, 0.1) is 18.1 Å². The molecule has 3 rings (SSSR count). The average molecular weight is 272 g/mol. The molecule has 4 heteroatoms. The van der Waals surface area contributed by atoms with Gasteiger partial charge in [0.25, 0.3) is 0 Å². The Hall–Kier alpha value is -1.73. The van der Waals surface area contributed by atoms with Crippen molar-refractivity contribution < 1.29 is 9.18 Å². The van der Waals surface area contributed by atoms with Crippen LogP contribution in [0.2, 0.25) is 0 Å². The summed E-state index contributed by atoms with van der Waals surface area (Å²) in [5.41, 5.74) is 0.859. The number of halogens is 1. The number of rotatable bonds is 3. The van der Waals surface area contributed by atoms with Gasteiger partial charge in [-0.25, -0.2) is 4.39 Å². The van der Waals surface area contributed by atoms with E-state index in [1.807, 2.05) is 6.07 Å². The van der Waals surface area contributed by atoms with Gasteiger partial charge in [-0.3, -0.25) is 4.79 Å². The number of nitrogens with one attached hydrogen (secondary N) is 1. The van der Waals surface area contributed by atoms with Crippen molar-refractivity contribution in [2.75, 3.05) is 0 Å². The molecule has 2 unspecified atom stereocenters. The van der Waals surface area contributed by atoms with Crippen molar-refractivity contribution in [3.05, 3.63) is 35.1 Å². The van der Waals surface area contributed by atoms with E-state index in [1.54, 1.807) is 12.1 Å². The molecule has 3 nitrogen and oxygen atoms in total. The van der Waals surface area contributed by atoms with E-state index >= 15 is 0 Å². The van der Waals surface area contributed by atoms with Crippen molar-refractivity contribution in [3.63, 3.8) is 0 Å². The molecule has 2 bridgehead atoms. The number of piperidine rings is 1. The predicted molar refractivity (Wildman–Crippen MR) is 72.7 cm³/mol. The van der Waals surface area contributed by atoms with Crippen LogP contribution in [-0.2, 0) is 6.42 Å². The Kier molecular flexibility index (Phi) is 3.54. The quantitative estimate of drug-likeness (QED) is 0.860. The Labute approximate surface area is 117 Å². The van der Waals surface area contributed by atoms with E-state index in [1.165, 1.54) is 6.07 Å². The molecule has 20 heavy (non-hydrogen) atoms. The van der Waals surface area contributed by atoms with Gasteiger partial charge in [0.15, 0.2) is 5.78 Å². The second kappa shape index (κ2) is 5.34. The monoisotopic (exact) mass is 272 g/mol. The van der Waals surface area contributed by atoms with Gasteiger partial charge in [0, 0.05) is 18.0 Å². The van der Waals surface area contributed by atoms with Gasteiger partial charge in [-0.1, -0.05) is 6.07 Å². The fraction of sp³-hybridized carbons (Fsp3) is 0.500. The van der Waals surface area contributed by atoms with Gasteiger partial charge < -0.3 is 5.32 Å². The van der Waals surface area contributed by atoms with Gasteiger partial charge in [0.1, 0.15) is 5.82 Å². The lowest BCUT2D eigenvalue weighted by molar-refractivity contribution is 0.0871. The number of benzene rings is 1. The number of nitriles is 1. The number of fused-ring (bicyclic) bond motifs is 2. The minimum absolute atomic E-state index is 0.0828. The minimum atomic E-state index is -0.470. The first kappa shape index (κ1) is 13.3. The van der Waals surface area contributed by atoms with E-state index in [-0.39, 0.29) is 23.7 Å². The van der Waals surface area contributed by atoms with Crippen molar-refractivity contribution in [1.82, 2.24) is 5.32 Å². The molecule has 2 aliphatic rings. The summed E-state index contributed by atoms with van der Waals surface area (Å²) >= 11 is 0. The maximum Gasteiger partial charge on any atom is 0.169 e. The number of hydrogen-bond acceptors (Lipinski definition) is 3. The van der Waals surface area contributed by atoms with Gasteiger partial charge in [-0.15, -0.1) is 0 Å². The second-order valence-corrected chi connectivity index (χ2v) is 5.82. The molecule has 1 aromatic carbocycles. The van der Waals surface area contributed by atoms with Crippen molar-refractivity contribution >= 4 is 5.78 Å². The van der Waals surface area contributed by atoms with Crippen LogP contribution in [-0.4, -0.2) is 17.9 Å². The molecule has 0 saturated carbocycles. The third-order valence-electron chi connectivity index (χ3n) is 4.42. The zero-order valence-electron chi connectivity index (χ0n) is 11.2. The third kappa shape index (κ3) is 2.46. The highest BCUT2D eigenvalue weighted by Gasteiger charge is 2.37. The number of Topliss-reactive ketones (excluding diaryl/α,β-unsaturated/α-hetero) is 1. The highest BCUT2D eigenvalue weighted by atomic mass is 19.1. The van der Waals surface area contributed by atoms with Gasteiger partial charge in [0.2, 0.25) is 0 Å². The summed E-state index contributed by atoms with van der Waals surface area (Å²) in [5.74, 6) is -0.649. The topological polar surface area (TPSA) is 52.9 Å². The van der Waals surface area contributed by atoms with E-state index in [9.17, 15) is 9.18 Å². The molecule has 1 aromatic rings. The van der Waals surface area contributed by atoms with Gasteiger partial charge in [-0.05, 0) is 43.4 Å². The smallest absolute Gasteiger partial charge is 0.169 e. The number of ketones is 1. The largest absolute Gasteiger partial charge is 0.311 e. The van der Waals surface area contributed by atoms with Crippen molar-refractivity contribution in [3.8, 4) is 6.07 Å². The molecule has 0 spiro atoms. The Bertz CT molecular complexity index is 566. The Morgan fingerprint density at radius 3 is 2.70 bits per heavy atom. The van der Waals surface area contributed by atoms with E-state index in [0.717, 1.165) is 25.7 Å². The zero-order valence-corrected chi connectivity index (χ0v) is 11.2. The first-order valence-corrected chi connectivity index (χ1v) is 7.13. The lowest BCUT2D eigenvalue weighted by Gasteiger charge is -2.28. The molecule has 2 fully saturated rings. The van der Waals surface area contributed by atoms with Crippen LogP contribution in [0.4, 0.5) is 4.39 Å². The number of carbonyl (C=O) groups excluding carboxylic acids is 1. The summed E-state index contributed by atoms with van der Waals surface area (Å²) in [4.78, 5) is 12.5. The second-order valence-electron chi connectivity index (χ2n) is 5.82. The summed E-state index contributed by atoms with van der Waals surface area (Å²) in [6, 6.07) is 7.27. The number of carbonyl (C=O) groups is 1. The maximum absolute atomic E-state index is 13.9. The van der Waals surface area contributed by atoms with Crippen LogP contribution in [0.1, 0.15) is 41.6 Å². The van der Waals surface area contributed by atoms with E-state index in [0.29, 0.717) is 17.6 Å². The molecule has 104 valence electrons. The molecular weight excluding hydrogens is 255 g/mol. The molecule has 0 aliphatic carbocycles. The zero-order chi connectivity index (χ0) is 14.1. The third-order valence-corrected chi connectivity index (χ3v) is 4.42. The molecule has 2 aliphatic heterocycles.